The number of ether oxygens (including phenoxy) is 2. The monoisotopic (exact) mass is 351 g/mol. The first-order chi connectivity index (χ1) is 11.5. The molecule has 0 atom stereocenters. The van der Waals surface area contributed by atoms with Gasteiger partial charge in [-0.2, -0.15) is 0 Å². The number of benzene rings is 2. The van der Waals surface area contributed by atoms with Crippen LogP contribution in [0.3, 0.4) is 0 Å². The molecule has 2 aromatic rings. The molecule has 1 amide bonds. The van der Waals surface area contributed by atoms with Crippen LogP contribution in [0.5, 0.6) is 5.75 Å². The van der Waals surface area contributed by atoms with Gasteiger partial charge in [0.15, 0.2) is 13.2 Å². The molecule has 0 aliphatic carbocycles. The lowest BCUT2D eigenvalue weighted by Gasteiger charge is -2.08. The van der Waals surface area contributed by atoms with Gasteiger partial charge >= 0.3 is 5.97 Å². The maximum Gasteiger partial charge on any atom is 0.344 e. The Bertz CT molecular complexity index is 706. The summed E-state index contributed by atoms with van der Waals surface area (Å²) in [7, 11) is 0. The summed E-state index contributed by atoms with van der Waals surface area (Å²) >= 11 is 5.88. The second kappa shape index (κ2) is 8.88. The Hall–Kier alpha value is -2.60. The van der Waals surface area contributed by atoms with E-state index in [0.717, 1.165) is 5.56 Å². The predicted octanol–water partition coefficient (Wildman–Crippen LogP) is 2.72. The van der Waals surface area contributed by atoms with E-state index in [4.69, 9.17) is 21.1 Å². The standard InChI is InChI=1S/C17H15ClFNO4/c18-14-3-1-2-4-15(14)23-11-17(22)24-10-16(21)20-9-12-5-7-13(19)8-6-12/h1-8H,9-11H2,(H,20,21). The molecule has 0 saturated carbocycles. The Balaban J connectivity index is 1.66. The second-order valence-corrected chi connectivity index (χ2v) is 5.19. The molecule has 24 heavy (non-hydrogen) atoms. The van der Waals surface area contributed by atoms with Gasteiger partial charge in [0, 0.05) is 6.54 Å². The number of para-hydroxylation sites is 1. The third-order valence-corrected chi connectivity index (χ3v) is 3.26. The van der Waals surface area contributed by atoms with Crippen molar-refractivity contribution in [1.82, 2.24) is 5.32 Å². The minimum absolute atomic E-state index is 0.215. The molecule has 0 spiro atoms. The number of carbonyl (C=O) groups is 2. The summed E-state index contributed by atoms with van der Waals surface area (Å²) in [5, 5.41) is 2.93. The molecule has 126 valence electrons. The molecular formula is C17H15ClFNO4. The minimum Gasteiger partial charge on any atom is -0.480 e. The molecule has 1 N–H and O–H groups in total. The molecule has 0 unspecified atom stereocenters. The fourth-order valence-corrected chi connectivity index (χ4v) is 1.93. The van der Waals surface area contributed by atoms with E-state index in [-0.39, 0.29) is 19.0 Å². The third kappa shape index (κ3) is 5.89. The Kier molecular flexibility index (Phi) is 6.57. The van der Waals surface area contributed by atoms with E-state index in [1.807, 2.05) is 0 Å². The van der Waals surface area contributed by atoms with Gasteiger partial charge < -0.3 is 14.8 Å². The fourth-order valence-electron chi connectivity index (χ4n) is 1.74. The van der Waals surface area contributed by atoms with Crippen molar-refractivity contribution in [2.45, 2.75) is 6.54 Å². The number of hydrogen-bond acceptors (Lipinski definition) is 4. The molecule has 2 rings (SSSR count). The number of hydrogen-bond donors (Lipinski definition) is 1. The number of rotatable bonds is 7. The van der Waals surface area contributed by atoms with E-state index in [2.05, 4.69) is 5.32 Å². The van der Waals surface area contributed by atoms with Crippen molar-refractivity contribution in [3.05, 3.63) is 64.9 Å². The summed E-state index contributed by atoms with van der Waals surface area (Å²) in [4.78, 5) is 23.1. The third-order valence-electron chi connectivity index (χ3n) is 2.95. The van der Waals surface area contributed by atoms with Gasteiger partial charge in [-0.05, 0) is 29.8 Å². The minimum atomic E-state index is -0.688. The van der Waals surface area contributed by atoms with E-state index in [1.54, 1.807) is 36.4 Å². The Morgan fingerprint density at radius 1 is 1.04 bits per heavy atom. The van der Waals surface area contributed by atoms with Crippen molar-refractivity contribution in [3.63, 3.8) is 0 Å². The molecule has 5 nitrogen and oxygen atoms in total. The van der Waals surface area contributed by atoms with Gasteiger partial charge in [-0.3, -0.25) is 4.79 Å². The molecule has 0 radical (unpaired) electrons. The van der Waals surface area contributed by atoms with Crippen LogP contribution in [0.15, 0.2) is 48.5 Å². The highest BCUT2D eigenvalue weighted by Gasteiger charge is 2.09. The summed E-state index contributed by atoms with van der Waals surface area (Å²) in [5.74, 6) is -1.15. The highest BCUT2D eigenvalue weighted by Crippen LogP contribution is 2.22. The van der Waals surface area contributed by atoms with Crippen molar-refractivity contribution in [3.8, 4) is 5.75 Å². The van der Waals surface area contributed by atoms with Gasteiger partial charge in [-0.1, -0.05) is 35.9 Å². The van der Waals surface area contributed by atoms with Crippen LogP contribution in [-0.2, 0) is 20.9 Å². The molecular weight excluding hydrogens is 337 g/mol. The second-order valence-electron chi connectivity index (χ2n) is 4.78. The summed E-state index contributed by atoms with van der Waals surface area (Å²) in [6.45, 7) is -0.562. The van der Waals surface area contributed by atoms with Gasteiger partial charge in [0.1, 0.15) is 11.6 Å². The van der Waals surface area contributed by atoms with Crippen LogP contribution in [0.25, 0.3) is 0 Å². The maximum absolute atomic E-state index is 12.8. The Labute approximate surface area is 143 Å². The number of nitrogens with one attached hydrogen (secondary N) is 1. The molecule has 0 aliphatic heterocycles. The molecule has 7 heteroatoms. The van der Waals surface area contributed by atoms with E-state index in [0.29, 0.717) is 10.8 Å². The molecule has 0 heterocycles. The molecule has 0 bridgehead atoms. The van der Waals surface area contributed by atoms with Gasteiger partial charge in [-0.15, -0.1) is 0 Å². The molecule has 0 saturated heterocycles. The summed E-state index contributed by atoms with van der Waals surface area (Å²) < 4.78 is 22.7. The topological polar surface area (TPSA) is 64.6 Å². The highest BCUT2D eigenvalue weighted by molar-refractivity contribution is 6.32. The fraction of sp³-hybridized carbons (Fsp3) is 0.176. The normalized spacial score (nSPS) is 10.1. The number of amides is 1. The Morgan fingerprint density at radius 3 is 2.46 bits per heavy atom. The average molecular weight is 352 g/mol. The molecule has 2 aromatic carbocycles. The van der Waals surface area contributed by atoms with Crippen molar-refractivity contribution >= 4 is 23.5 Å². The predicted molar refractivity (Wildman–Crippen MR) is 86.2 cm³/mol. The van der Waals surface area contributed by atoms with E-state index < -0.39 is 18.5 Å². The summed E-state index contributed by atoms with van der Waals surface area (Å²) in [5.41, 5.74) is 0.734. The van der Waals surface area contributed by atoms with Crippen molar-refractivity contribution in [1.29, 1.82) is 0 Å². The quantitative estimate of drug-likeness (QED) is 0.779. The number of esters is 1. The van der Waals surface area contributed by atoms with Crippen LogP contribution in [0.4, 0.5) is 4.39 Å². The smallest absolute Gasteiger partial charge is 0.344 e. The maximum atomic E-state index is 12.8. The van der Waals surface area contributed by atoms with Gasteiger partial charge in [-0.25, -0.2) is 9.18 Å². The van der Waals surface area contributed by atoms with Crippen molar-refractivity contribution in [2.75, 3.05) is 13.2 Å². The zero-order chi connectivity index (χ0) is 17.4. The Morgan fingerprint density at radius 2 is 1.75 bits per heavy atom. The van der Waals surface area contributed by atoms with Gasteiger partial charge in [0.05, 0.1) is 5.02 Å². The number of halogens is 2. The van der Waals surface area contributed by atoms with Gasteiger partial charge in [0.25, 0.3) is 5.91 Å². The summed E-state index contributed by atoms with van der Waals surface area (Å²) in [6.07, 6.45) is 0. The van der Waals surface area contributed by atoms with Crippen molar-refractivity contribution in [2.24, 2.45) is 0 Å². The molecule has 0 aliphatic rings. The van der Waals surface area contributed by atoms with Crippen LogP contribution in [0, 0.1) is 5.82 Å². The lowest BCUT2D eigenvalue weighted by Crippen LogP contribution is -2.29. The largest absolute Gasteiger partial charge is 0.480 e. The zero-order valence-corrected chi connectivity index (χ0v) is 13.4. The SMILES string of the molecule is O=C(COC(=O)COc1ccccc1Cl)NCc1ccc(F)cc1. The average Bonchev–Trinajstić information content (AvgIpc) is 2.58. The molecule has 0 fully saturated rings. The van der Waals surface area contributed by atoms with E-state index in [1.165, 1.54) is 12.1 Å². The lowest BCUT2D eigenvalue weighted by atomic mass is 10.2. The van der Waals surface area contributed by atoms with Gasteiger partial charge in [0.2, 0.25) is 0 Å². The molecule has 0 aromatic heterocycles. The first-order valence-electron chi connectivity index (χ1n) is 7.08. The van der Waals surface area contributed by atoms with Crippen LogP contribution in [0.1, 0.15) is 5.56 Å². The van der Waals surface area contributed by atoms with Crippen LogP contribution < -0.4 is 10.1 Å². The van der Waals surface area contributed by atoms with Crippen LogP contribution in [-0.4, -0.2) is 25.1 Å². The van der Waals surface area contributed by atoms with Crippen LogP contribution in [0.2, 0.25) is 5.02 Å². The zero-order valence-electron chi connectivity index (χ0n) is 12.6. The van der Waals surface area contributed by atoms with Crippen molar-refractivity contribution < 1.29 is 23.5 Å². The van der Waals surface area contributed by atoms with E-state index >= 15 is 0 Å². The highest BCUT2D eigenvalue weighted by atomic mass is 35.5. The van der Waals surface area contributed by atoms with E-state index in [9.17, 15) is 14.0 Å². The van der Waals surface area contributed by atoms with Crippen LogP contribution >= 0.6 is 11.6 Å². The lowest BCUT2D eigenvalue weighted by molar-refractivity contribution is -0.150. The first-order valence-corrected chi connectivity index (χ1v) is 7.46. The summed E-state index contributed by atoms with van der Waals surface area (Å²) in [6, 6.07) is 12.4. The first kappa shape index (κ1) is 17.7. The number of carbonyl (C=O) groups excluding carboxylic acids is 2.